The summed E-state index contributed by atoms with van der Waals surface area (Å²) in [5.74, 6) is 0.819. The molecule has 3 nitrogen and oxygen atoms in total. The second-order valence-electron chi connectivity index (χ2n) is 5.00. The Hall–Kier alpha value is -1.35. The number of carbonyl (C=O) groups excluding carboxylic acids is 1. The van der Waals surface area contributed by atoms with Crippen molar-refractivity contribution in [1.29, 1.82) is 0 Å². The Morgan fingerprint density at radius 3 is 2.50 bits per heavy atom. The molecular formula is C15H21NO2. The van der Waals surface area contributed by atoms with E-state index in [1.54, 1.807) is 0 Å². The Bertz CT molecular complexity index is 369. The summed E-state index contributed by atoms with van der Waals surface area (Å²) in [5.41, 5.74) is 1.08. The van der Waals surface area contributed by atoms with Crippen LogP contribution in [0.25, 0.3) is 0 Å². The molecule has 0 bridgehead atoms. The number of aliphatic hydroxyl groups excluding tert-OH is 1. The molecule has 1 heterocycles. The molecule has 2 rings (SSSR count). The van der Waals surface area contributed by atoms with Crippen LogP contribution >= 0.6 is 0 Å². The highest BCUT2D eigenvalue weighted by Gasteiger charge is 2.22. The van der Waals surface area contributed by atoms with Crippen molar-refractivity contribution in [3.05, 3.63) is 35.9 Å². The molecule has 0 unspecified atom stereocenters. The topological polar surface area (TPSA) is 40.5 Å². The molecule has 0 radical (unpaired) electrons. The van der Waals surface area contributed by atoms with Crippen LogP contribution in [0, 0.1) is 5.92 Å². The number of hydrogen-bond acceptors (Lipinski definition) is 2. The third-order valence-corrected chi connectivity index (χ3v) is 3.70. The van der Waals surface area contributed by atoms with E-state index in [0.29, 0.717) is 12.3 Å². The largest absolute Gasteiger partial charge is 0.396 e. The first-order chi connectivity index (χ1) is 8.79. The fraction of sp³-hybridized carbons (Fsp3) is 0.533. The number of piperidine rings is 1. The molecule has 0 saturated carbocycles. The summed E-state index contributed by atoms with van der Waals surface area (Å²) in [6.45, 7) is 1.95. The predicted octanol–water partition coefficient (Wildman–Crippen LogP) is 1.85. The van der Waals surface area contributed by atoms with E-state index in [0.717, 1.165) is 37.9 Å². The predicted molar refractivity (Wildman–Crippen MR) is 71.2 cm³/mol. The van der Waals surface area contributed by atoms with E-state index in [4.69, 9.17) is 5.11 Å². The Morgan fingerprint density at radius 1 is 1.22 bits per heavy atom. The lowest BCUT2D eigenvalue weighted by Crippen LogP contribution is -2.39. The van der Waals surface area contributed by atoms with Crippen molar-refractivity contribution in [2.45, 2.75) is 25.7 Å². The molecule has 1 saturated heterocycles. The smallest absolute Gasteiger partial charge is 0.226 e. The number of likely N-dealkylation sites (tertiary alicyclic amines) is 1. The van der Waals surface area contributed by atoms with Crippen LogP contribution in [0.3, 0.4) is 0 Å². The van der Waals surface area contributed by atoms with Crippen LogP contribution < -0.4 is 0 Å². The van der Waals surface area contributed by atoms with Crippen molar-refractivity contribution in [2.24, 2.45) is 5.92 Å². The minimum Gasteiger partial charge on any atom is -0.396 e. The van der Waals surface area contributed by atoms with E-state index < -0.39 is 0 Å². The van der Waals surface area contributed by atoms with Crippen LogP contribution in [-0.4, -0.2) is 35.6 Å². The van der Waals surface area contributed by atoms with Crippen LogP contribution in [0.2, 0.25) is 0 Å². The van der Waals surface area contributed by atoms with E-state index in [1.165, 1.54) is 0 Å². The van der Waals surface area contributed by atoms with Crippen LogP contribution in [0.5, 0.6) is 0 Å². The minimum atomic E-state index is 0.226. The molecule has 1 aliphatic heterocycles. The lowest BCUT2D eigenvalue weighted by atomic mass is 9.93. The van der Waals surface area contributed by atoms with E-state index in [9.17, 15) is 4.79 Å². The molecule has 0 atom stereocenters. The van der Waals surface area contributed by atoms with Gasteiger partial charge in [0.25, 0.3) is 0 Å². The monoisotopic (exact) mass is 247 g/mol. The van der Waals surface area contributed by atoms with Gasteiger partial charge < -0.3 is 10.0 Å². The third kappa shape index (κ3) is 3.57. The molecule has 0 spiro atoms. The molecule has 18 heavy (non-hydrogen) atoms. The summed E-state index contributed by atoms with van der Waals surface area (Å²) >= 11 is 0. The molecule has 1 aromatic carbocycles. The van der Waals surface area contributed by atoms with Crippen molar-refractivity contribution >= 4 is 5.91 Å². The van der Waals surface area contributed by atoms with Gasteiger partial charge in [0.2, 0.25) is 5.91 Å². The van der Waals surface area contributed by atoms with E-state index in [1.807, 2.05) is 35.2 Å². The van der Waals surface area contributed by atoms with Crippen molar-refractivity contribution in [1.82, 2.24) is 4.90 Å². The Balaban J connectivity index is 1.81. The number of nitrogens with zero attached hydrogens (tertiary/aromatic N) is 1. The van der Waals surface area contributed by atoms with Gasteiger partial charge in [-0.05, 0) is 30.7 Å². The van der Waals surface area contributed by atoms with Gasteiger partial charge in [-0.1, -0.05) is 30.3 Å². The van der Waals surface area contributed by atoms with Crippen LogP contribution in [-0.2, 0) is 11.2 Å². The number of aliphatic hydroxyl groups is 1. The number of amides is 1. The molecule has 1 fully saturated rings. The van der Waals surface area contributed by atoms with Gasteiger partial charge in [0.15, 0.2) is 0 Å². The molecule has 0 aromatic heterocycles. The quantitative estimate of drug-likeness (QED) is 0.882. The van der Waals surface area contributed by atoms with Gasteiger partial charge in [-0.2, -0.15) is 0 Å². The minimum absolute atomic E-state index is 0.226. The summed E-state index contributed by atoms with van der Waals surface area (Å²) in [7, 11) is 0. The van der Waals surface area contributed by atoms with E-state index >= 15 is 0 Å². The number of hydrogen-bond donors (Lipinski definition) is 1. The molecule has 98 valence electrons. The van der Waals surface area contributed by atoms with Crippen molar-refractivity contribution in [3.8, 4) is 0 Å². The lowest BCUT2D eigenvalue weighted by molar-refractivity contribution is -0.131. The molecule has 1 aliphatic rings. The second-order valence-corrected chi connectivity index (χ2v) is 5.00. The molecule has 1 amide bonds. The first-order valence-electron chi connectivity index (χ1n) is 6.72. The van der Waals surface area contributed by atoms with Gasteiger partial charge in [-0.15, -0.1) is 0 Å². The van der Waals surface area contributed by atoms with Gasteiger partial charge in [0, 0.05) is 19.7 Å². The zero-order valence-electron chi connectivity index (χ0n) is 10.7. The first kappa shape index (κ1) is 13.1. The van der Waals surface area contributed by atoms with E-state index in [-0.39, 0.29) is 12.5 Å². The maximum absolute atomic E-state index is 12.1. The molecule has 1 N–H and O–H groups in total. The van der Waals surface area contributed by atoms with Crippen molar-refractivity contribution < 1.29 is 9.90 Å². The second kappa shape index (κ2) is 6.55. The zero-order chi connectivity index (χ0) is 12.8. The fourth-order valence-electron chi connectivity index (χ4n) is 2.54. The molecular weight excluding hydrogens is 226 g/mol. The SMILES string of the molecule is O=C(Cc1ccccc1)N1CCC(CCO)CC1. The van der Waals surface area contributed by atoms with Gasteiger partial charge in [0.1, 0.15) is 0 Å². The highest BCUT2D eigenvalue weighted by atomic mass is 16.3. The van der Waals surface area contributed by atoms with Crippen LogP contribution in [0.4, 0.5) is 0 Å². The Labute approximate surface area is 108 Å². The first-order valence-corrected chi connectivity index (χ1v) is 6.72. The highest BCUT2D eigenvalue weighted by molar-refractivity contribution is 5.78. The zero-order valence-corrected chi connectivity index (χ0v) is 10.7. The highest BCUT2D eigenvalue weighted by Crippen LogP contribution is 2.20. The number of carbonyl (C=O) groups is 1. The van der Waals surface area contributed by atoms with Gasteiger partial charge in [-0.25, -0.2) is 0 Å². The summed E-state index contributed by atoms with van der Waals surface area (Å²) < 4.78 is 0. The average molecular weight is 247 g/mol. The van der Waals surface area contributed by atoms with Crippen LogP contribution in [0.15, 0.2) is 30.3 Å². The van der Waals surface area contributed by atoms with Crippen molar-refractivity contribution in [2.75, 3.05) is 19.7 Å². The Morgan fingerprint density at radius 2 is 1.89 bits per heavy atom. The summed E-state index contributed by atoms with van der Waals surface area (Å²) in [6.07, 6.45) is 3.44. The van der Waals surface area contributed by atoms with Gasteiger partial charge in [-0.3, -0.25) is 4.79 Å². The molecule has 0 aliphatic carbocycles. The number of benzene rings is 1. The summed E-state index contributed by atoms with van der Waals surface area (Å²) in [4.78, 5) is 14.1. The maximum atomic E-state index is 12.1. The summed E-state index contributed by atoms with van der Waals surface area (Å²) in [6, 6.07) is 9.90. The third-order valence-electron chi connectivity index (χ3n) is 3.70. The molecule has 1 aromatic rings. The Kier molecular flexibility index (Phi) is 4.76. The van der Waals surface area contributed by atoms with Crippen LogP contribution in [0.1, 0.15) is 24.8 Å². The number of rotatable bonds is 4. The van der Waals surface area contributed by atoms with Gasteiger partial charge >= 0.3 is 0 Å². The van der Waals surface area contributed by atoms with Crippen molar-refractivity contribution in [3.63, 3.8) is 0 Å². The normalized spacial score (nSPS) is 16.8. The average Bonchev–Trinajstić information content (AvgIpc) is 2.41. The maximum Gasteiger partial charge on any atom is 0.226 e. The van der Waals surface area contributed by atoms with Gasteiger partial charge in [0.05, 0.1) is 6.42 Å². The lowest BCUT2D eigenvalue weighted by Gasteiger charge is -2.31. The van der Waals surface area contributed by atoms with E-state index in [2.05, 4.69) is 0 Å². The summed E-state index contributed by atoms with van der Waals surface area (Å²) in [5, 5.41) is 8.91. The standard InChI is InChI=1S/C15H21NO2/c17-11-8-13-6-9-16(10-7-13)15(18)12-14-4-2-1-3-5-14/h1-5,13,17H,6-12H2. The fourth-order valence-corrected chi connectivity index (χ4v) is 2.54. The molecule has 3 heteroatoms.